The molecule has 1 aromatic heterocycles. The Morgan fingerprint density at radius 2 is 2.38 bits per heavy atom. The lowest BCUT2D eigenvalue weighted by Gasteiger charge is -1.97. The third-order valence-corrected chi connectivity index (χ3v) is 2.86. The van der Waals surface area contributed by atoms with Gasteiger partial charge >= 0.3 is 0 Å². The Bertz CT molecular complexity index is 524. The Hall–Kier alpha value is -1.56. The van der Waals surface area contributed by atoms with E-state index in [4.69, 9.17) is 10.2 Å². The molecule has 0 aliphatic carbocycles. The normalized spacial score (nSPS) is 12.8. The van der Waals surface area contributed by atoms with E-state index < -0.39 is 10.8 Å². The zero-order chi connectivity index (χ0) is 11.5. The van der Waals surface area contributed by atoms with Gasteiger partial charge in [0.25, 0.3) is 6.01 Å². The molecule has 5 nitrogen and oxygen atoms in total. The molecule has 2 aromatic rings. The van der Waals surface area contributed by atoms with Crippen molar-refractivity contribution < 1.29 is 8.63 Å². The van der Waals surface area contributed by atoms with Crippen molar-refractivity contribution >= 4 is 33.6 Å². The summed E-state index contributed by atoms with van der Waals surface area (Å²) < 4.78 is 16.3. The molecule has 1 atom stereocenters. The molecule has 1 aromatic carbocycles. The van der Waals surface area contributed by atoms with Crippen molar-refractivity contribution in [3.63, 3.8) is 0 Å². The molecule has 0 saturated heterocycles. The molecule has 0 saturated carbocycles. The Morgan fingerprint density at radius 1 is 1.56 bits per heavy atom. The Morgan fingerprint density at radius 3 is 3.12 bits per heavy atom. The number of nitrogens with one attached hydrogen (secondary N) is 1. The largest absolute Gasteiger partial charge is 0.424 e. The van der Waals surface area contributed by atoms with Crippen molar-refractivity contribution in [1.29, 1.82) is 0 Å². The van der Waals surface area contributed by atoms with Crippen LogP contribution in [0.5, 0.6) is 0 Å². The fourth-order valence-electron chi connectivity index (χ4n) is 1.32. The molecular formula is C10H13N3O2S. The van der Waals surface area contributed by atoms with Crippen LogP contribution in [0, 0.1) is 0 Å². The summed E-state index contributed by atoms with van der Waals surface area (Å²) in [5.41, 5.74) is 7.70. The highest BCUT2D eigenvalue weighted by atomic mass is 32.2. The van der Waals surface area contributed by atoms with E-state index in [1.165, 1.54) is 0 Å². The lowest BCUT2D eigenvalue weighted by atomic mass is 10.3. The highest BCUT2D eigenvalue weighted by Gasteiger charge is 2.05. The lowest BCUT2D eigenvalue weighted by Crippen LogP contribution is -2.09. The molecule has 1 heterocycles. The van der Waals surface area contributed by atoms with Crippen molar-refractivity contribution in [2.75, 3.05) is 29.6 Å². The van der Waals surface area contributed by atoms with E-state index in [0.29, 0.717) is 29.6 Å². The van der Waals surface area contributed by atoms with Crippen LogP contribution >= 0.6 is 0 Å². The number of hydrogen-bond acceptors (Lipinski definition) is 5. The summed E-state index contributed by atoms with van der Waals surface area (Å²) in [6, 6.07) is 5.73. The quantitative estimate of drug-likeness (QED) is 0.783. The summed E-state index contributed by atoms with van der Waals surface area (Å²) in [6.45, 7) is 0.575. The van der Waals surface area contributed by atoms with Gasteiger partial charge in [0.2, 0.25) is 0 Å². The maximum Gasteiger partial charge on any atom is 0.295 e. The lowest BCUT2D eigenvalue weighted by molar-refractivity contribution is 0.616. The van der Waals surface area contributed by atoms with Crippen molar-refractivity contribution in [1.82, 2.24) is 4.98 Å². The van der Waals surface area contributed by atoms with Gasteiger partial charge in [0.15, 0.2) is 5.58 Å². The molecule has 2 rings (SSSR count). The van der Waals surface area contributed by atoms with Crippen molar-refractivity contribution in [3.8, 4) is 0 Å². The van der Waals surface area contributed by atoms with E-state index in [-0.39, 0.29) is 0 Å². The van der Waals surface area contributed by atoms with Gasteiger partial charge in [-0.1, -0.05) is 0 Å². The summed E-state index contributed by atoms with van der Waals surface area (Å²) in [4.78, 5) is 4.21. The number of oxazole rings is 1. The van der Waals surface area contributed by atoms with Crippen LogP contribution in [0.4, 0.5) is 11.7 Å². The predicted molar refractivity (Wildman–Crippen MR) is 65.8 cm³/mol. The number of nitrogens with two attached hydrogens (primary N) is 1. The molecule has 0 aliphatic heterocycles. The first-order chi connectivity index (χ1) is 7.65. The number of fused-ring (bicyclic) bond motifs is 1. The molecule has 0 aliphatic rings. The van der Waals surface area contributed by atoms with Crippen molar-refractivity contribution in [2.45, 2.75) is 0 Å². The van der Waals surface area contributed by atoms with Gasteiger partial charge < -0.3 is 15.5 Å². The monoisotopic (exact) mass is 239 g/mol. The smallest absolute Gasteiger partial charge is 0.295 e. The maximum absolute atomic E-state index is 10.9. The second-order valence-corrected chi connectivity index (χ2v) is 5.00. The van der Waals surface area contributed by atoms with Gasteiger partial charge in [-0.15, -0.1) is 0 Å². The van der Waals surface area contributed by atoms with Gasteiger partial charge in [-0.05, 0) is 18.2 Å². The summed E-state index contributed by atoms with van der Waals surface area (Å²) in [5.74, 6) is 0.570. The van der Waals surface area contributed by atoms with E-state index in [0.717, 1.165) is 5.52 Å². The summed E-state index contributed by atoms with van der Waals surface area (Å²) in [6.07, 6.45) is 1.66. The topological polar surface area (TPSA) is 81.2 Å². The number of nitrogens with zero attached hydrogens (tertiary/aromatic N) is 1. The maximum atomic E-state index is 10.9. The van der Waals surface area contributed by atoms with Crippen molar-refractivity contribution in [2.24, 2.45) is 0 Å². The highest BCUT2D eigenvalue weighted by molar-refractivity contribution is 7.84. The number of benzene rings is 1. The van der Waals surface area contributed by atoms with Gasteiger partial charge in [0, 0.05) is 35.0 Å². The molecule has 0 spiro atoms. The third kappa shape index (κ3) is 2.52. The number of aromatic nitrogens is 1. The molecule has 0 amide bonds. The number of anilines is 2. The summed E-state index contributed by atoms with van der Waals surface area (Å²) in [5, 5.41) is 2.97. The van der Waals surface area contributed by atoms with E-state index in [1.807, 2.05) is 0 Å². The van der Waals surface area contributed by atoms with Crippen LogP contribution in [0.2, 0.25) is 0 Å². The van der Waals surface area contributed by atoms with Crippen molar-refractivity contribution in [3.05, 3.63) is 18.2 Å². The van der Waals surface area contributed by atoms with Gasteiger partial charge in [0.05, 0.1) is 0 Å². The van der Waals surface area contributed by atoms with E-state index in [2.05, 4.69) is 10.3 Å². The van der Waals surface area contributed by atoms with Gasteiger partial charge in [0.1, 0.15) is 5.52 Å². The van der Waals surface area contributed by atoms with Gasteiger partial charge in [-0.25, -0.2) is 0 Å². The summed E-state index contributed by atoms with van der Waals surface area (Å²) in [7, 11) is -0.813. The zero-order valence-electron chi connectivity index (χ0n) is 8.90. The molecule has 0 fully saturated rings. The Balaban J connectivity index is 2.10. The Labute approximate surface area is 95.5 Å². The van der Waals surface area contributed by atoms with E-state index >= 15 is 0 Å². The minimum Gasteiger partial charge on any atom is -0.424 e. The third-order valence-electron chi connectivity index (χ3n) is 2.08. The highest BCUT2D eigenvalue weighted by Crippen LogP contribution is 2.20. The average Bonchev–Trinajstić information content (AvgIpc) is 2.58. The first-order valence-electron chi connectivity index (χ1n) is 4.85. The predicted octanol–water partition coefficient (Wildman–Crippen LogP) is 1.20. The molecule has 6 heteroatoms. The SMILES string of the molecule is CS(=O)CCNc1nc2cc(N)ccc2o1. The van der Waals surface area contributed by atoms with Crippen LogP contribution in [0.1, 0.15) is 0 Å². The molecule has 3 N–H and O–H groups in total. The fourth-order valence-corrected chi connectivity index (χ4v) is 1.71. The molecule has 16 heavy (non-hydrogen) atoms. The fraction of sp³-hybridized carbons (Fsp3) is 0.300. The minimum atomic E-state index is -0.813. The van der Waals surface area contributed by atoms with Crippen LogP contribution in [0.3, 0.4) is 0 Å². The van der Waals surface area contributed by atoms with Crippen LogP contribution in [-0.2, 0) is 10.8 Å². The molecule has 0 bridgehead atoms. The van der Waals surface area contributed by atoms with E-state index in [1.54, 1.807) is 24.5 Å². The van der Waals surface area contributed by atoms with Crippen LogP contribution in [0.25, 0.3) is 11.1 Å². The molecule has 0 radical (unpaired) electrons. The molecule has 1 unspecified atom stereocenters. The first-order valence-corrected chi connectivity index (χ1v) is 6.58. The average molecular weight is 239 g/mol. The number of nitrogen functional groups attached to an aromatic ring is 1. The van der Waals surface area contributed by atoms with Gasteiger partial charge in [-0.3, -0.25) is 4.21 Å². The zero-order valence-corrected chi connectivity index (χ0v) is 9.71. The minimum absolute atomic E-state index is 0.436. The standard InChI is InChI=1S/C10H13N3O2S/c1-16(14)5-4-12-10-13-8-6-7(11)2-3-9(8)15-10/h2-3,6H,4-5,11H2,1H3,(H,12,13). The number of rotatable bonds is 4. The second kappa shape index (κ2) is 4.52. The summed E-state index contributed by atoms with van der Waals surface area (Å²) >= 11 is 0. The molecular weight excluding hydrogens is 226 g/mol. The van der Waals surface area contributed by atoms with Crippen LogP contribution in [-0.4, -0.2) is 27.7 Å². The van der Waals surface area contributed by atoms with E-state index in [9.17, 15) is 4.21 Å². The first kappa shape index (κ1) is 10.9. The Kier molecular flexibility index (Phi) is 3.09. The number of hydrogen-bond donors (Lipinski definition) is 2. The molecule has 86 valence electrons. The van der Waals surface area contributed by atoms with Crippen LogP contribution < -0.4 is 11.1 Å². The van der Waals surface area contributed by atoms with Crippen LogP contribution in [0.15, 0.2) is 22.6 Å². The van der Waals surface area contributed by atoms with Gasteiger partial charge in [-0.2, -0.15) is 4.98 Å². The second-order valence-electron chi connectivity index (χ2n) is 3.45.